The van der Waals surface area contributed by atoms with Gasteiger partial charge in [-0.1, -0.05) is 11.8 Å². The molecule has 0 aliphatic rings. The van der Waals surface area contributed by atoms with Crippen molar-refractivity contribution in [3.63, 3.8) is 0 Å². The Morgan fingerprint density at radius 1 is 1.38 bits per heavy atom. The fraction of sp³-hybridized carbons (Fsp3) is 0.182. The molecule has 0 bridgehead atoms. The lowest BCUT2D eigenvalue weighted by atomic mass is 10.3. The summed E-state index contributed by atoms with van der Waals surface area (Å²) in [5.41, 5.74) is 2.86. The lowest BCUT2D eigenvalue weighted by Crippen LogP contribution is -2.34. The van der Waals surface area contributed by atoms with Crippen LogP contribution in [0, 0.1) is 0 Å². The van der Waals surface area contributed by atoms with E-state index in [4.69, 9.17) is 5.73 Å². The van der Waals surface area contributed by atoms with Gasteiger partial charge >= 0.3 is 11.9 Å². The van der Waals surface area contributed by atoms with Gasteiger partial charge in [0.1, 0.15) is 10.7 Å². The summed E-state index contributed by atoms with van der Waals surface area (Å²) in [6, 6.07) is 2.48. The Kier molecular flexibility index (Phi) is 3.81. The van der Waals surface area contributed by atoms with E-state index in [1.165, 1.54) is 19.2 Å². The molecule has 0 saturated carbocycles. The molecule has 0 spiro atoms. The van der Waals surface area contributed by atoms with E-state index in [1.807, 2.05) is 0 Å². The summed E-state index contributed by atoms with van der Waals surface area (Å²) in [7, 11) is 1.19. The summed E-state index contributed by atoms with van der Waals surface area (Å²) in [6.07, 6.45) is -3.66. The first-order valence-electron chi connectivity index (χ1n) is 5.50. The van der Waals surface area contributed by atoms with E-state index >= 15 is 0 Å². The van der Waals surface area contributed by atoms with Crippen molar-refractivity contribution >= 4 is 17.6 Å². The molecule has 0 aliphatic heterocycles. The molecule has 10 heteroatoms. The van der Waals surface area contributed by atoms with Crippen LogP contribution in [0.5, 0.6) is 0 Å². The summed E-state index contributed by atoms with van der Waals surface area (Å²) in [4.78, 5) is 28.2. The van der Waals surface area contributed by atoms with E-state index in [-0.39, 0.29) is 15.6 Å². The number of H-pyrrole nitrogens is 1. The standard InChI is InChI=1S/C11H9F3N4O2S/c1-18-9(19)6(8(15)17-10(18)20)21-5-3-2-4-16-7(5)11(12,13)14/h2-4H,15H2,1H3,(H,17,20). The first kappa shape index (κ1) is 15.2. The van der Waals surface area contributed by atoms with Crippen molar-refractivity contribution in [1.82, 2.24) is 14.5 Å². The molecule has 0 saturated heterocycles. The van der Waals surface area contributed by atoms with Gasteiger partial charge in [-0.2, -0.15) is 13.2 Å². The van der Waals surface area contributed by atoms with Gasteiger partial charge in [0.25, 0.3) is 5.56 Å². The number of nitrogens with two attached hydrogens (primary N) is 1. The average molecular weight is 318 g/mol. The molecule has 0 unspecified atom stereocenters. The van der Waals surface area contributed by atoms with Crippen molar-refractivity contribution in [1.29, 1.82) is 0 Å². The maximum absolute atomic E-state index is 12.8. The first-order valence-corrected chi connectivity index (χ1v) is 6.32. The number of hydrogen-bond donors (Lipinski definition) is 2. The van der Waals surface area contributed by atoms with Gasteiger partial charge in [0.15, 0.2) is 5.69 Å². The molecule has 0 aliphatic carbocycles. The fourth-order valence-electron chi connectivity index (χ4n) is 1.51. The number of nitrogens with zero attached hydrogens (tertiary/aromatic N) is 2. The summed E-state index contributed by atoms with van der Waals surface area (Å²) >= 11 is 0.506. The van der Waals surface area contributed by atoms with Gasteiger partial charge in [-0.25, -0.2) is 4.79 Å². The summed E-state index contributed by atoms with van der Waals surface area (Å²) < 4.78 is 39.3. The quantitative estimate of drug-likeness (QED) is 0.868. The Labute approximate surface area is 119 Å². The van der Waals surface area contributed by atoms with Crippen molar-refractivity contribution in [3.8, 4) is 0 Å². The molecule has 2 aromatic heterocycles. The highest BCUT2D eigenvalue weighted by molar-refractivity contribution is 7.99. The molecule has 21 heavy (non-hydrogen) atoms. The smallest absolute Gasteiger partial charge is 0.384 e. The van der Waals surface area contributed by atoms with Crippen molar-refractivity contribution in [2.24, 2.45) is 7.05 Å². The zero-order valence-electron chi connectivity index (χ0n) is 10.6. The first-order chi connectivity index (χ1) is 9.71. The van der Waals surface area contributed by atoms with Crippen molar-refractivity contribution < 1.29 is 13.2 Å². The third kappa shape index (κ3) is 2.94. The second-order valence-electron chi connectivity index (χ2n) is 3.99. The Balaban J connectivity index is 2.58. The van der Waals surface area contributed by atoms with Crippen LogP contribution in [0.25, 0.3) is 0 Å². The minimum Gasteiger partial charge on any atom is -0.384 e. The number of rotatable bonds is 2. The summed E-state index contributed by atoms with van der Waals surface area (Å²) in [5, 5.41) is 0. The zero-order chi connectivity index (χ0) is 15.8. The minimum atomic E-state index is -4.66. The van der Waals surface area contributed by atoms with Crippen LogP contribution in [0.15, 0.2) is 37.7 Å². The predicted molar refractivity (Wildman–Crippen MR) is 70.1 cm³/mol. The van der Waals surface area contributed by atoms with Gasteiger partial charge in [0.05, 0.1) is 0 Å². The largest absolute Gasteiger partial charge is 0.434 e. The van der Waals surface area contributed by atoms with Crippen molar-refractivity contribution in [3.05, 3.63) is 44.9 Å². The molecule has 112 valence electrons. The number of aromatic amines is 1. The highest BCUT2D eigenvalue weighted by Crippen LogP contribution is 2.37. The van der Waals surface area contributed by atoms with Gasteiger partial charge in [-0.3, -0.25) is 19.3 Å². The topological polar surface area (TPSA) is 93.8 Å². The molecule has 0 fully saturated rings. The molecule has 6 nitrogen and oxygen atoms in total. The third-order valence-electron chi connectivity index (χ3n) is 2.54. The van der Waals surface area contributed by atoms with Gasteiger partial charge in [-0.05, 0) is 12.1 Å². The minimum absolute atomic E-state index is 0.199. The molecule has 0 amide bonds. The second kappa shape index (κ2) is 5.28. The lowest BCUT2D eigenvalue weighted by Gasteiger charge is -2.11. The molecule has 2 rings (SSSR count). The van der Waals surface area contributed by atoms with Gasteiger partial charge in [0.2, 0.25) is 0 Å². The molecule has 0 atom stereocenters. The van der Waals surface area contributed by atoms with E-state index in [0.29, 0.717) is 11.8 Å². The van der Waals surface area contributed by atoms with Crippen molar-refractivity contribution in [2.45, 2.75) is 16.0 Å². The van der Waals surface area contributed by atoms with Crippen LogP contribution in [0.4, 0.5) is 19.0 Å². The fourth-order valence-corrected chi connectivity index (χ4v) is 2.53. The van der Waals surface area contributed by atoms with E-state index < -0.39 is 23.1 Å². The van der Waals surface area contributed by atoms with Gasteiger partial charge in [0, 0.05) is 18.1 Å². The van der Waals surface area contributed by atoms with Crippen LogP contribution >= 0.6 is 11.8 Å². The maximum Gasteiger partial charge on any atom is 0.434 e. The van der Waals surface area contributed by atoms with E-state index in [9.17, 15) is 22.8 Å². The number of pyridine rings is 1. The Morgan fingerprint density at radius 2 is 2.05 bits per heavy atom. The van der Waals surface area contributed by atoms with E-state index in [0.717, 1.165) is 10.8 Å². The number of aromatic nitrogens is 3. The van der Waals surface area contributed by atoms with E-state index in [1.54, 1.807) is 0 Å². The average Bonchev–Trinajstić information content (AvgIpc) is 2.40. The number of halogens is 3. The van der Waals surface area contributed by atoms with Crippen LogP contribution in [-0.2, 0) is 13.2 Å². The highest BCUT2D eigenvalue weighted by Gasteiger charge is 2.35. The number of anilines is 1. The maximum atomic E-state index is 12.8. The Morgan fingerprint density at radius 3 is 2.67 bits per heavy atom. The number of nitrogen functional groups attached to an aromatic ring is 1. The van der Waals surface area contributed by atoms with Crippen LogP contribution in [0.3, 0.4) is 0 Å². The SMILES string of the molecule is Cn1c(=O)[nH]c(N)c(Sc2cccnc2C(F)(F)F)c1=O. The Bertz CT molecular complexity index is 797. The summed E-state index contributed by atoms with van der Waals surface area (Å²) in [5.74, 6) is -0.287. The van der Waals surface area contributed by atoms with Crippen LogP contribution in [0.2, 0.25) is 0 Å². The molecule has 0 aromatic carbocycles. The summed E-state index contributed by atoms with van der Waals surface area (Å²) in [6.45, 7) is 0. The molecule has 2 aromatic rings. The number of hydrogen-bond acceptors (Lipinski definition) is 5. The van der Waals surface area contributed by atoms with Crippen LogP contribution < -0.4 is 17.0 Å². The molecule has 0 radical (unpaired) electrons. The normalized spacial score (nSPS) is 11.6. The number of alkyl halides is 3. The van der Waals surface area contributed by atoms with Crippen LogP contribution in [0.1, 0.15) is 5.69 Å². The molecule has 2 heterocycles. The predicted octanol–water partition coefficient (Wildman–Crippen LogP) is 1.22. The zero-order valence-corrected chi connectivity index (χ0v) is 11.4. The lowest BCUT2D eigenvalue weighted by molar-refractivity contribution is -0.143. The third-order valence-corrected chi connectivity index (χ3v) is 3.69. The van der Waals surface area contributed by atoms with Crippen LogP contribution in [-0.4, -0.2) is 14.5 Å². The molecular formula is C11H9F3N4O2S. The molecule has 3 N–H and O–H groups in total. The molecular weight excluding hydrogens is 309 g/mol. The monoisotopic (exact) mass is 318 g/mol. The van der Waals surface area contributed by atoms with Crippen molar-refractivity contribution in [2.75, 3.05) is 5.73 Å². The van der Waals surface area contributed by atoms with E-state index in [2.05, 4.69) is 9.97 Å². The van der Waals surface area contributed by atoms with Gasteiger partial charge < -0.3 is 5.73 Å². The number of nitrogens with one attached hydrogen (secondary N) is 1. The van der Waals surface area contributed by atoms with Gasteiger partial charge in [-0.15, -0.1) is 0 Å². The second-order valence-corrected chi connectivity index (χ2v) is 5.04. The Hall–Kier alpha value is -2.23. The highest BCUT2D eigenvalue weighted by atomic mass is 32.2.